The molecule has 0 aliphatic rings. The number of hydrogen-bond donors (Lipinski definition) is 1. The first-order valence-corrected chi connectivity index (χ1v) is 4.64. The summed E-state index contributed by atoms with van der Waals surface area (Å²) in [4.78, 5) is 0. The third kappa shape index (κ3) is 6.10. The van der Waals surface area contributed by atoms with Gasteiger partial charge in [-0.15, -0.1) is 0 Å². The molecular formula is C10H20NO+. The van der Waals surface area contributed by atoms with Gasteiger partial charge in [0.05, 0.1) is 0 Å². The summed E-state index contributed by atoms with van der Waals surface area (Å²) >= 11 is 0. The molecule has 0 unspecified atom stereocenters. The van der Waals surface area contributed by atoms with E-state index in [2.05, 4.69) is 18.1 Å². The normalized spacial score (nSPS) is 11.7. The standard InChI is InChI=1S/C10H20NO/c1-3-5-6-8-11(7-4-2)9-10-12/h4,9,12H,2-3,5-8,10H2,1H3/q+1. The maximum Gasteiger partial charge on any atom is 0.165 e. The molecule has 0 amide bonds. The molecule has 0 aromatic heterocycles. The molecule has 12 heavy (non-hydrogen) atoms. The topological polar surface area (TPSA) is 23.2 Å². The highest BCUT2D eigenvalue weighted by Gasteiger charge is 1.99. The monoisotopic (exact) mass is 170 g/mol. The Bertz CT molecular complexity index is 141. The van der Waals surface area contributed by atoms with Crippen LogP contribution in [-0.2, 0) is 0 Å². The molecule has 2 heteroatoms. The summed E-state index contributed by atoms with van der Waals surface area (Å²) in [7, 11) is 0. The molecule has 0 aromatic rings. The molecule has 0 atom stereocenters. The largest absolute Gasteiger partial charge is 0.386 e. The van der Waals surface area contributed by atoms with Crippen molar-refractivity contribution in [3.05, 3.63) is 12.7 Å². The van der Waals surface area contributed by atoms with Crippen molar-refractivity contribution in [2.75, 3.05) is 19.7 Å². The van der Waals surface area contributed by atoms with E-state index in [0.717, 1.165) is 13.1 Å². The number of hydrogen-bond acceptors (Lipinski definition) is 1. The van der Waals surface area contributed by atoms with Crippen LogP contribution in [0.2, 0.25) is 0 Å². The van der Waals surface area contributed by atoms with Crippen LogP contribution in [0.4, 0.5) is 0 Å². The van der Waals surface area contributed by atoms with E-state index in [4.69, 9.17) is 5.11 Å². The zero-order valence-corrected chi connectivity index (χ0v) is 8.00. The van der Waals surface area contributed by atoms with Crippen molar-refractivity contribution in [1.82, 2.24) is 0 Å². The second kappa shape index (κ2) is 8.47. The summed E-state index contributed by atoms with van der Waals surface area (Å²) in [6.45, 7) is 7.85. The van der Waals surface area contributed by atoms with Crippen LogP contribution in [0.15, 0.2) is 12.7 Å². The van der Waals surface area contributed by atoms with Crippen LogP contribution < -0.4 is 0 Å². The van der Waals surface area contributed by atoms with E-state index in [1.165, 1.54) is 19.3 Å². The molecule has 2 nitrogen and oxygen atoms in total. The van der Waals surface area contributed by atoms with Crippen molar-refractivity contribution in [3.63, 3.8) is 0 Å². The minimum atomic E-state index is 0.125. The lowest BCUT2D eigenvalue weighted by Gasteiger charge is -1.99. The van der Waals surface area contributed by atoms with Crippen molar-refractivity contribution < 1.29 is 9.68 Å². The van der Waals surface area contributed by atoms with Gasteiger partial charge < -0.3 is 5.11 Å². The third-order valence-corrected chi connectivity index (χ3v) is 1.75. The van der Waals surface area contributed by atoms with Crippen LogP contribution in [0.25, 0.3) is 0 Å². The van der Waals surface area contributed by atoms with Gasteiger partial charge >= 0.3 is 0 Å². The van der Waals surface area contributed by atoms with Crippen LogP contribution >= 0.6 is 0 Å². The van der Waals surface area contributed by atoms with E-state index >= 15 is 0 Å². The molecule has 1 N–H and O–H groups in total. The Morgan fingerprint density at radius 2 is 2.17 bits per heavy atom. The van der Waals surface area contributed by atoms with Crippen molar-refractivity contribution in [2.45, 2.75) is 26.2 Å². The molecule has 0 heterocycles. The number of nitrogens with zero attached hydrogens (tertiary/aromatic N) is 1. The van der Waals surface area contributed by atoms with Gasteiger partial charge in [-0.05, 0) is 12.5 Å². The molecule has 0 radical (unpaired) electrons. The van der Waals surface area contributed by atoms with E-state index < -0.39 is 0 Å². The molecule has 0 saturated carbocycles. The molecular weight excluding hydrogens is 150 g/mol. The highest BCUT2D eigenvalue weighted by Crippen LogP contribution is 1.93. The maximum atomic E-state index is 8.69. The molecule has 0 spiro atoms. The zero-order chi connectivity index (χ0) is 9.23. The molecule has 70 valence electrons. The van der Waals surface area contributed by atoms with Crippen LogP contribution in [0, 0.1) is 0 Å². The number of rotatable bonds is 7. The summed E-state index contributed by atoms with van der Waals surface area (Å²) in [6.07, 6.45) is 7.37. The van der Waals surface area contributed by atoms with Gasteiger partial charge in [0.1, 0.15) is 13.2 Å². The lowest BCUT2D eigenvalue weighted by molar-refractivity contribution is -0.515. The van der Waals surface area contributed by atoms with Gasteiger partial charge in [-0.3, -0.25) is 0 Å². The predicted molar refractivity (Wildman–Crippen MR) is 52.9 cm³/mol. The first kappa shape index (κ1) is 11.4. The van der Waals surface area contributed by atoms with Gasteiger partial charge in [0.25, 0.3) is 0 Å². The van der Waals surface area contributed by atoms with Crippen molar-refractivity contribution in [1.29, 1.82) is 0 Å². The van der Waals surface area contributed by atoms with E-state index in [0.29, 0.717) is 0 Å². The summed E-state index contributed by atoms with van der Waals surface area (Å²) in [5.74, 6) is 0. The van der Waals surface area contributed by atoms with E-state index in [1.807, 2.05) is 12.3 Å². The predicted octanol–water partition coefficient (Wildman–Crippen LogP) is 1.44. The average Bonchev–Trinajstić information content (AvgIpc) is 2.06. The fraction of sp³-hybridized carbons (Fsp3) is 0.700. The molecule has 0 saturated heterocycles. The number of aliphatic hydroxyl groups excluding tert-OH is 1. The van der Waals surface area contributed by atoms with Gasteiger partial charge in [0.2, 0.25) is 0 Å². The Labute approximate surface area is 75.2 Å². The average molecular weight is 170 g/mol. The highest BCUT2D eigenvalue weighted by atomic mass is 16.3. The Hall–Kier alpha value is -0.630. The van der Waals surface area contributed by atoms with E-state index in [9.17, 15) is 0 Å². The first-order valence-electron chi connectivity index (χ1n) is 4.64. The maximum absolute atomic E-state index is 8.69. The fourth-order valence-electron chi connectivity index (χ4n) is 1.10. The van der Waals surface area contributed by atoms with Crippen LogP contribution in [0.3, 0.4) is 0 Å². The Morgan fingerprint density at radius 3 is 2.67 bits per heavy atom. The fourth-order valence-corrected chi connectivity index (χ4v) is 1.10. The minimum Gasteiger partial charge on any atom is -0.386 e. The molecule has 0 aliphatic heterocycles. The lowest BCUT2D eigenvalue weighted by Crippen LogP contribution is -2.16. The van der Waals surface area contributed by atoms with Gasteiger partial charge in [-0.2, -0.15) is 0 Å². The van der Waals surface area contributed by atoms with Gasteiger partial charge in [-0.25, -0.2) is 4.58 Å². The SMILES string of the molecule is C=CC[N+](=CCO)CCCCC. The second-order valence-corrected chi connectivity index (χ2v) is 2.86. The quantitative estimate of drug-likeness (QED) is 0.266. The van der Waals surface area contributed by atoms with Crippen LogP contribution in [-0.4, -0.2) is 35.6 Å². The number of unbranched alkanes of at least 4 members (excludes halogenated alkanes) is 2. The second-order valence-electron chi connectivity index (χ2n) is 2.86. The summed E-state index contributed by atoms with van der Waals surface area (Å²) in [5, 5.41) is 8.69. The Morgan fingerprint density at radius 1 is 1.42 bits per heavy atom. The van der Waals surface area contributed by atoms with Crippen molar-refractivity contribution in [3.8, 4) is 0 Å². The van der Waals surface area contributed by atoms with Gasteiger partial charge in [0, 0.05) is 6.42 Å². The lowest BCUT2D eigenvalue weighted by atomic mass is 10.2. The molecule has 0 bridgehead atoms. The van der Waals surface area contributed by atoms with Gasteiger partial charge in [-0.1, -0.05) is 19.9 Å². The molecule has 0 aliphatic carbocycles. The van der Waals surface area contributed by atoms with Crippen LogP contribution in [0.5, 0.6) is 0 Å². The van der Waals surface area contributed by atoms with E-state index in [1.54, 1.807) is 0 Å². The van der Waals surface area contributed by atoms with E-state index in [-0.39, 0.29) is 6.61 Å². The zero-order valence-electron chi connectivity index (χ0n) is 8.00. The summed E-state index contributed by atoms with van der Waals surface area (Å²) in [5.41, 5.74) is 0. The summed E-state index contributed by atoms with van der Waals surface area (Å²) in [6, 6.07) is 0. The first-order chi connectivity index (χ1) is 5.85. The number of aliphatic hydroxyl groups is 1. The Kier molecular flexibility index (Phi) is 8.02. The van der Waals surface area contributed by atoms with Crippen LogP contribution in [0.1, 0.15) is 26.2 Å². The van der Waals surface area contributed by atoms with Crippen molar-refractivity contribution in [2.24, 2.45) is 0 Å². The third-order valence-electron chi connectivity index (χ3n) is 1.75. The Balaban J connectivity index is 3.63. The molecule has 0 rings (SSSR count). The molecule has 0 fully saturated rings. The van der Waals surface area contributed by atoms with Gasteiger partial charge in [0.15, 0.2) is 12.8 Å². The smallest absolute Gasteiger partial charge is 0.165 e. The minimum absolute atomic E-state index is 0.125. The highest BCUT2D eigenvalue weighted by molar-refractivity contribution is 5.51. The van der Waals surface area contributed by atoms with Crippen molar-refractivity contribution >= 4 is 6.21 Å². The molecule has 0 aromatic carbocycles. The summed E-state index contributed by atoms with van der Waals surface area (Å²) < 4.78 is 2.10.